The molecule has 70 heavy (non-hydrogen) atoms. The van der Waals surface area contributed by atoms with Gasteiger partial charge in [-0.15, -0.1) is 0 Å². The van der Waals surface area contributed by atoms with Gasteiger partial charge in [-0.25, -0.2) is 10.8 Å². The van der Waals surface area contributed by atoms with E-state index in [0.717, 1.165) is 16.5 Å². The Morgan fingerprint density at radius 3 is 1.91 bits per heavy atom. The van der Waals surface area contributed by atoms with E-state index in [-0.39, 0.29) is 44.4 Å². The van der Waals surface area contributed by atoms with Crippen LogP contribution in [0.25, 0.3) is 10.9 Å². The van der Waals surface area contributed by atoms with Crippen LogP contribution in [0.4, 0.5) is 0 Å². The molecule has 2 heterocycles. The summed E-state index contributed by atoms with van der Waals surface area (Å²) in [6, 6.07) is 7.84. The van der Waals surface area contributed by atoms with Crippen molar-refractivity contribution in [2.24, 2.45) is 29.1 Å². The first-order valence-electron chi connectivity index (χ1n) is 23.0. The van der Waals surface area contributed by atoms with Gasteiger partial charge in [0.25, 0.3) is 5.91 Å². The molecule has 0 radical (unpaired) electrons. The number of hydrogen-bond donors (Lipinski definition) is 13. The quantitative estimate of drug-likeness (QED) is 0.0180. The van der Waals surface area contributed by atoms with Crippen LogP contribution >= 0.6 is 0 Å². The second kappa shape index (κ2) is 26.8. The van der Waals surface area contributed by atoms with Crippen LogP contribution in [0.1, 0.15) is 70.7 Å². The van der Waals surface area contributed by atoms with Gasteiger partial charge in [-0.1, -0.05) is 76.2 Å². The molecule has 2 aromatic carbocycles. The molecular formula is C47H66N14O9. The van der Waals surface area contributed by atoms with Crippen molar-refractivity contribution in [2.45, 2.75) is 115 Å². The molecule has 7 atom stereocenters. The number of primary amides is 1. The van der Waals surface area contributed by atoms with Gasteiger partial charge in [0.15, 0.2) is 0 Å². The number of rotatable bonds is 27. The molecule has 0 aliphatic carbocycles. The van der Waals surface area contributed by atoms with Crippen LogP contribution in [0.3, 0.4) is 0 Å². The van der Waals surface area contributed by atoms with E-state index in [9.17, 15) is 43.2 Å². The van der Waals surface area contributed by atoms with E-state index in [1.165, 1.54) is 19.4 Å². The Kier molecular flexibility index (Phi) is 21.0. The Morgan fingerprint density at radius 1 is 0.643 bits per heavy atom. The molecule has 0 aliphatic heterocycles. The Hall–Kier alpha value is -7.66. The molecule has 23 nitrogen and oxygen atoms in total. The molecule has 0 fully saturated rings. The second-order valence-electron chi connectivity index (χ2n) is 17.8. The Bertz CT molecular complexity index is 2430. The fourth-order valence-electron chi connectivity index (χ4n) is 7.41. The normalized spacial score (nSPS) is 14.2. The number of hydrazine groups is 1. The second-order valence-corrected chi connectivity index (χ2v) is 17.8. The average molecular weight is 971 g/mol. The van der Waals surface area contributed by atoms with Crippen LogP contribution in [0.5, 0.6) is 0 Å². The van der Waals surface area contributed by atoms with Gasteiger partial charge in [-0.3, -0.25) is 48.6 Å². The van der Waals surface area contributed by atoms with Crippen molar-refractivity contribution in [3.63, 3.8) is 0 Å². The summed E-state index contributed by atoms with van der Waals surface area (Å²) >= 11 is 0. The summed E-state index contributed by atoms with van der Waals surface area (Å²) in [7, 11) is 0. The summed E-state index contributed by atoms with van der Waals surface area (Å²) in [5.74, 6) is -1.81. The topological polar surface area (TPSA) is 372 Å². The zero-order chi connectivity index (χ0) is 51.5. The van der Waals surface area contributed by atoms with Crippen LogP contribution < -0.4 is 60.0 Å². The first-order chi connectivity index (χ1) is 33.3. The monoisotopic (exact) mass is 971 g/mol. The molecule has 23 heteroatoms. The van der Waals surface area contributed by atoms with Gasteiger partial charge in [0.2, 0.25) is 47.3 Å². The van der Waals surface area contributed by atoms with Crippen LogP contribution in [-0.2, 0) is 62.4 Å². The van der Waals surface area contributed by atoms with Crippen molar-refractivity contribution in [2.75, 3.05) is 6.54 Å². The minimum absolute atomic E-state index is 0.00522. The molecule has 0 saturated heterocycles. The van der Waals surface area contributed by atoms with Gasteiger partial charge in [0.1, 0.15) is 36.3 Å². The molecule has 4 aromatic rings. The van der Waals surface area contributed by atoms with E-state index in [0.29, 0.717) is 11.3 Å². The number of fused-ring (bicyclic) bond motifs is 1. The Morgan fingerprint density at radius 2 is 1.27 bits per heavy atom. The van der Waals surface area contributed by atoms with E-state index in [2.05, 4.69) is 52.2 Å². The lowest BCUT2D eigenvalue weighted by Crippen LogP contribution is -2.59. The summed E-state index contributed by atoms with van der Waals surface area (Å²) in [5, 5.41) is 18.9. The fraction of sp³-hybridized carbons (Fsp3) is 0.447. The standard InChI is InChI=1S/C47H66N14O9/c1-25(2)17-35(46(69)61-50)58-45(68)37(20-30-22-51-24-54-30)56-39(63)23-53-47(70)40(26(3)4)60-41(64)27(5)55-44(67)36(19-29-21-52-33-14-10-9-13-31(29)33)59-43(66)34(15-16-38(49)62)57-42(65)32(48)18-28-11-7-6-8-12-28/h6-14,21-22,24-27,32,34-37,40,52H,15-20,23,48,50H2,1-5H3,(H2,49,62)(H,51,54)(H,53,70)(H,55,67)(H,56,63)(H,57,65)(H,58,68)(H,59,66)(H,60,64)(H,61,69)/t27-,32+,34-,35-,36-,37-,40-/m0/s1. The third kappa shape index (κ3) is 17.1. The number of hydrogen-bond acceptors (Lipinski definition) is 12. The van der Waals surface area contributed by atoms with E-state index < -0.39 is 108 Å². The largest absolute Gasteiger partial charge is 0.370 e. The average Bonchev–Trinajstić information content (AvgIpc) is 4.00. The summed E-state index contributed by atoms with van der Waals surface area (Å²) in [6.45, 7) is 7.78. The number of aromatic nitrogens is 3. The van der Waals surface area contributed by atoms with Gasteiger partial charge in [0, 0.05) is 48.3 Å². The van der Waals surface area contributed by atoms with Crippen molar-refractivity contribution >= 4 is 64.1 Å². The summed E-state index contributed by atoms with van der Waals surface area (Å²) in [4.78, 5) is 129. The van der Waals surface area contributed by atoms with Crippen LogP contribution in [0.2, 0.25) is 0 Å². The summed E-state index contributed by atoms with van der Waals surface area (Å²) < 4.78 is 0. The predicted molar refractivity (Wildman–Crippen MR) is 258 cm³/mol. The Balaban J connectivity index is 1.44. The van der Waals surface area contributed by atoms with Crippen LogP contribution in [-0.4, -0.2) is 117 Å². The number of imidazole rings is 1. The van der Waals surface area contributed by atoms with Crippen molar-refractivity contribution in [3.8, 4) is 0 Å². The van der Waals surface area contributed by atoms with Crippen LogP contribution in [0, 0.1) is 11.8 Å². The van der Waals surface area contributed by atoms with Crippen molar-refractivity contribution < 1.29 is 43.2 Å². The third-order valence-corrected chi connectivity index (χ3v) is 11.2. The van der Waals surface area contributed by atoms with E-state index in [4.69, 9.17) is 17.3 Å². The number of carbonyl (C=O) groups excluding carboxylic acids is 9. The molecule has 0 unspecified atom stereocenters. The lowest BCUT2D eigenvalue weighted by Gasteiger charge is -2.26. The van der Waals surface area contributed by atoms with Gasteiger partial charge < -0.3 is 58.7 Å². The fourth-order valence-corrected chi connectivity index (χ4v) is 7.41. The Labute approximate surface area is 405 Å². The maximum Gasteiger partial charge on any atom is 0.256 e. The number of benzene rings is 2. The van der Waals surface area contributed by atoms with E-state index in [1.54, 1.807) is 50.4 Å². The van der Waals surface area contributed by atoms with Crippen LogP contribution in [0.15, 0.2) is 73.3 Å². The van der Waals surface area contributed by atoms with E-state index in [1.807, 2.05) is 43.5 Å². The molecule has 16 N–H and O–H groups in total. The molecule has 378 valence electrons. The zero-order valence-electron chi connectivity index (χ0n) is 39.9. The minimum atomic E-state index is -1.34. The number of nitrogens with two attached hydrogens (primary N) is 3. The lowest BCUT2D eigenvalue weighted by molar-refractivity contribution is -0.135. The molecule has 2 aromatic heterocycles. The first kappa shape index (κ1) is 54.9. The number of H-pyrrole nitrogens is 2. The summed E-state index contributed by atoms with van der Waals surface area (Å²) in [5.41, 5.74) is 16.3. The third-order valence-electron chi connectivity index (χ3n) is 11.2. The molecular weight excluding hydrogens is 905 g/mol. The molecule has 4 rings (SSSR count). The van der Waals surface area contributed by atoms with E-state index >= 15 is 0 Å². The highest BCUT2D eigenvalue weighted by Crippen LogP contribution is 2.20. The first-order valence-corrected chi connectivity index (χ1v) is 23.0. The number of nitrogens with one attached hydrogen (secondary N) is 10. The number of nitrogens with zero attached hydrogens (tertiary/aromatic N) is 1. The number of aromatic amines is 2. The maximum atomic E-state index is 14.1. The van der Waals surface area contributed by atoms with Gasteiger partial charge >= 0.3 is 0 Å². The highest BCUT2D eigenvalue weighted by atomic mass is 16.2. The van der Waals surface area contributed by atoms with Gasteiger partial charge in [0.05, 0.1) is 18.9 Å². The maximum absolute atomic E-state index is 14.1. The predicted octanol–water partition coefficient (Wildman–Crippen LogP) is -1.75. The minimum Gasteiger partial charge on any atom is -0.370 e. The highest BCUT2D eigenvalue weighted by Gasteiger charge is 2.33. The lowest BCUT2D eigenvalue weighted by atomic mass is 10.0. The molecule has 0 bridgehead atoms. The van der Waals surface area contributed by atoms with Crippen molar-refractivity contribution in [1.29, 1.82) is 0 Å². The van der Waals surface area contributed by atoms with Crippen molar-refractivity contribution in [1.82, 2.24) is 57.6 Å². The number of carbonyl (C=O) groups is 9. The number of amides is 9. The number of para-hydroxylation sites is 1. The molecule has 0 saturated carbocycles. The summed E-state index contributed by atoms with van der Waals surface area (Å²) in [6.07, 6.45) is 4.34. The molecule has 9 amide bonds. The van der Waals surface area contributed by atoms with Gasteiger partial charge in [-0.2, -0.15) is 0 Å². The molecule has 0 aliphatic rings. The van der Waals surface area contributed by atoms with Crippen molar-refractivity contribution in [3.05, 3.63) is 90.1 Å². The SMILES string of the molecule is CC(C)C[C@H](NC(=O)[C@H](Cc1cnc[nH]1)NC(=O)CNC(=O)[C@@H](NC(=O)[C@H](C)NC(=O)[C@H](Cc1c[nH]c2ccccc12)NC(=O)[C@H](CCC(N)=O)NC(=O)[C@H](N)Cc1ccccc1)C(C)C)C(=O)NN. The van der Waals surface area contributed by atoms with Gasteiger partial charge in [-0.05, 0) is 55.2 Å². The highest BCUT2D eigenvalue weighted by molar-refractivity contribution is 5.98. The molecule has 0 spiro atoms. The zero-order valence-corrected chi connectivity index (χ0v) is 39.9. The smallest absolute Gasteiger partial charge is 0.256 e.